The van der Waals surface area contributed by atoms with Gasteiger partial charge in [0.05, 0.1) is 6.10 Å². The zero-order valence-corrected chi connectivity index (χ0v) is 9.33. The smallest absolute Gasteiger partial charge is 0.267 e. The molecule has 0 aliphatic carbocycles. The van der Waals surface area contributed by atoms with Gasteiger partial charge < -0.3 is 15.4 Å². The molecule has 1 unspecified atom stereocenters. The maximum Gasteiger partial charge on any atom is 0.267 e. The van der Waals surface area contributed by atoms with Crippen LogP contribution in [0.15, 0.2) is 24.3 Å². The largest absolute Gasteiger partial charge is 0.392 e. The Morgan fingerprint density at radius 1 is 1.59 bits per heavy atom. The zero-order chi connectivity index (χ0) is 12.4. The number of aliphatic hydroxyl groups is 1. The highest BCUT2D eigenvalue weighted by molar-refractivity contribution is 5.98. The fourth-order valence-electron chi connectivity index (χ4n) is 1.58. The highest BCUT2D eigenvalue weighted by atomic mass is 19.1. The number of rotatable bonds is 3. The number of aliphatic hydroxyl groups excluding tert-OH is 1. The van der Waals surface area contributed by atoms with Crippen LogP contribution in [-0.2, 0) is 0 Å². The number of H-pyrrole nitrogens is 1. The Labute approximate surface area is 97.5 Å². The third kappa shape index (κ3) is 2.45. The second-order valence-electron chi connectivity index (χ2n) is 3.94. The summed E-state index contributed by atoms with van der Waals surface area (Å²) in [6.45, 7) is 1.74. The van der Waals surface area contributed by atoms with E-state index in [-0.39, 0.29) is 24.0 Å². The van der Waals surface area contributed by atoms with Crippen LogP contribution in [-0.4, -0.2) is 28.6 Å². The van der Waals surface area contributed by atoms with Crippen LogP contribution >= 0.6 is 0 Å². The van der Waals surface area contributed by atoms with Crippen LogP contribution in [0.2, 0.25) is 0 Å². The monoisotopic (exact) mass is 236 g/mol. The Morgan fingerprint density at radius 2 is 2.35 bits per heavy atom. The molecule has 1 amide bonds. The molecule has 17 heavy (non-hydrogen) atoms. The number of halogens is 1. The fraction of sp³-hybridized carbons (Fsp3) is 0.250. The van der Waals surface area contributed by atoms with E-state index >= 15 is 0 Å². The van der Waals surface area contributed by atoms with E-state index in [2.05, 4.69) is 10.3 Å². The molecule has 0 aliphatic rings. The van der Waals surface area contributed by atoms with Gasteiger partial charge in [0.1, 0.15) is 11.5 Å². The molecule has 5 heteroatoms. The third-order valence-corrected chi connectivity index (χ3v) is 2.41. The van der Waals surface area contributed by atoms with Crippen molar-refractivity contribution >= 4 is 16.8 Å². The molecule has 0 saturated heterocycles. The molecule has 0 radical (unpaired) electrons. The Morgan fingerprint density at radius 3 is 3.00 bits per heavy atom. The Kier molecular flexibility index (Phi) is 3.10. The molecule has 1 heterocycles. The van der Waals surface area contributed by atoms with Gasteiger partial charge in [-0.1, -0.05) is 6.07 Å². The van der Waals surface area contributed by atoms with Crippen LogP contribution in [0, 0.1) is 5.82 Å². The van der Waals surface area contributed by atoms with Crippen molar-refractivity contribution in [2.45, 2.75) is 13.0 Å². The normalized spacial score (nSPS) is 12.6. The molecule has 2 rings (SSSR count). The third-order valence-electron chi connectivity index (χ3n) is 2.41. The number of amides is 1. The molecule has 1 aromatic carbocycles. The Balaban J connectivity index is 2.24. The highest BCUT2D eigenvalue weighted by Gasteiger charge is 2.11. The number of hydrogen-bond acceptors (Lipinski definition) is 2. The first-order valence-corrected chi connectivity index (χ1v) is 5.31. The van der Waals surface area contributed by atoms with E-state index in [0.29, 0.717) is 10.9 Å². The molecule has 0 fully saturated rings. The fourth-order valence-corrected chi connectivity index (χ4v) is 1.58. The predicted octanol–water partition coefficient (Wildman–Crippen LogP) is 1.42. The lowest BCUT2D eigenvalue weighted by atomic mass is 10.2. The summed E-state index contributed by atoms with van der Waals surface area (Å²) in [5.41, 5.74) is 0.859. The van der Waals surface area contributed by atoms with E-state index in [1.807, 2.05) is 0 Å². The minimum atomic E-state index is -0.611. The van der Waals surface area contributed by atoms with E-state index in [4.69, 9.17) is 5.11 Å². The van der Waals surface area contributed by atoms with E-state index in [0.717, 1.165) is 0 Å². The summed E-state index contributed by atoms with van der Waals surface area (Å²) in [6, 6.07) is 6.07. The highest BCUT2D eigenvalue weighted by Crippen LogP contribution is 2.18. The molecule has 3 N–H and O–H groups in total. The van der Waals surface area contributed by atoms with Gasteiger partial charge in [-0.15, -0.1) is 0 Å². The van der Waals surface area contributed by atoms with Crippen molar-refractivity contribution < 1.29 is 14.3 Å². The van der Waals surface area contributed by atoms with Crippen LogP contribution in [0.4, 0.5) is 4.39 Å². The second-order valence-corrected chi connectivity index (χ2v) is 3.94. The molecule has 90 valence electrons. The van der Waals surface area contributed by atoms with Crippen LogP contribution in [0.3, 0.4) is 0 Å². The van der Waals surface area contributed by atoms with Gasteiger partial charge in [-0.05, 0) is 25.1 Å². The number of hydrogen-bond donors (Lipinski definition) is 3. The van der Waals surface area contributed by atoms with Gasteiger partial charge in [0.15, 0.2) is 0 Å². The number of aromatic amines is 1. The topological polar surface area (TPSA) is 65.1 Å². The molecule has 0 saturated carbocycles. The first kappa shape index (κ1) is 11.6. The summed E-state index contributed by atoms with van der Waals surface area (Å²) >= 11 is 0. The summed E-state index contributed by atoms with van der Waals surface area (Å²) in [6.07, 6.45) is -0.611. The standard InChI is InChI=1S/C12H13FN2O2/c1-7(16)6-14-12(17)11-5-8-9(13)3-2-4-10(8)15-11/h2-5,7,15-16H,6H2,1H3,(H,14,17). The van der Waals surface area contributed by atoms with Crippen molar-refractivity contribution in [2.24, 2.45) is 0 Å². The zero-order valence-electron chi connectivity index (χ0n) is 9.33. The van der Waals surface area contributed by atoms with Gasteiger partial charge in [-0.25, -0.2) is 4.39 Å². The van der Waals surface area contributed by atoms with Gasteiger partial charge in [-0.3, -0.25) is 4.79 Å². The summed E-state index contributed by atoms with van der Waals surface area (Å²) in [5.74, 6) is -0.727. The van der Waals surface area contributed by atoms with Gasteiger partial charge in [0, 0.05) is 17.4 Å². The Hall–Kier alpha value is -1.88. The molecule has 1 aromatic heterocycles. The molecule has 2 aromatic rings. The quantitative estimate of drug-likeness (QED) is 0.754. The van der Waals surface area contributed by atoms with Gasteiger partial charge >= 0.3 is 0 Å². The van der Waals surface area contributed by atoms with Gasteiger partial charge in [0.2, 0.25) is 0 Å². The van der Waals surface area contributed by atoms with E-state index in [9.17, 15) is 9.18 Å². The lowest BCUT2D eigenvalue weighted by Crippen LogP contribution is -2.30. The van der Waals surface area contributed by atoms with Crippen LogP contribution in [0.5, 0.6) is 0 Å². The first-order valence-electron chi connectivity index (χ1n) is 5.31. The Bertz CT molecular complexity index is 548. The maximum absolute atomic E-state index is 13.4. The van der Waals surface area contributed by atoms with Crippen molar-refractivity contribution in [3.8, 4) is 0 Å². The summed E-state index contributed by atoms with van der Waals surface area (Å²) in [5, 5.41) is 12.0. The van der Waals surface area contributed by atoms with Crippen molar-refractivity contribution in [3.05, 3.63) is 35.8 Å². The SMILES string of the molecule is CC(O)CNC(=O)c1cc2c(F)cccc2[nH]1. The summed E-state index contributed by atoms with van der Waals surface area (Å²) in [4.78, 5) is 14.5. The predicted molar refractivity (Wildman–Crippen MR) is 62.3 cm³/mol. The maximum atomic E-state index is 13.4. The average molecular weight is 236 g/mol. The van der Waals surface area contributed by atoms with Crippen LogP contribution < -0.4 is 5.32 Å². The minimum Gasteiger partial charge on any atom is -0.392 e. The summed E-state index contributed by atoms with van der Waals surface area (Å²) in [7, 11) is 0. The van der Waals surface area contributed by atoms with Crippen LogP contribution in [0.1, 0.15) is 17.4 Å². The molecule has 0 bridgehead atoms. The van der Waals surface area contributed by atoms with Gasteiger partial charge in [0.25, 0.3) is 5.91 Å². The number of fused-ring (bicyclic) bond motifs is 1. The number of nitrogens with one attached hydrogen (secondary N) is 2. The lowest BCUT2D eigenvalue weighted by molar-refractivity contribution is 0.0920. The second kappa shape index (κ2) is 4.55. The molecule has 4 nitrogen and oxygen atoms in total. The molecule has 1 atom stereocenters. The van der Waals surface area contributed by atoms with Crippen LogP contribution in [0.25, 0.3) is 10.9 Å². The minimum absolute atomic E-state index is 0.163. The number of aromatic nitrogens is 1. The van der Waals surface area contributed by atoms with E-state index in [1.54, 1.807) is 19.1 Å². The van der Waals surface area contributed by atoms with Crippen molar-refractivity contribution in [3.63, 3.8) is 0 Å². The first-order chi connectivity index (χ1) is 8.08. The summed E-state index contributed by atoms with van der Waals surface area (Å²) < 4.78 is 13.4. The van der Waals surface area contributed by atoms with E-state index < -0.39 is 6.10 Å². The molecule has 0 aliphatic heterocycles. The number of carbonyl (C=O) groups is 1. The van der Waals surface area contributed by atoms with Gasteiger partial charge in [-0.2, -0.15) is 0 Å². The molecular weight excluding hydrogens is 223 g/mol. The van der Waals surface area contributed by atoms with Crippen molar-refractivity contribution in [2.75, 3.05) is 6.54 Å². The van der Waals surface area contributed by atoms with Crippen molar-refractivity contribution in [1.29, 1.82) is 0 Å². The average Bonchev–Trinajstić information content (AvgIpc) is 2.71. The van der Waals surface area contributed by atoms with E-state index in [1.165, 1.54) is 12.1 Å². The number of benzene rings is 1. The lowest BCUT2D eigenvalue weighted by Gasteiger charge is -2.05. The molecule has 0 spiro atoms. The van der Waals surface area contributed by atoms with Crippen molar-refractivity contribution in [1.82, 2.24) is 10.3 Å². The molecular formula is C12H13FN2O2. The number of carbonyl (C=O) groups excluding carboxylic acids is 1.